The Hall–Kier alpha value is -1.22. The monoisotopic (exact) mass is 428 g/mol. The fourth-order valence-electron chi connectivity index (χ4n) is 1.83. The molecule has 1 aromatic carbocycles. The fourth-order valence-corrected chi connectivity index (χ4v) is 3.84. The van der Waals surface area contributed by atoms with Gasteiger partial charge >= 0.3 is 0 Å². The molecule has 0 aliphatic carbocycles. The highest BCUT2D eigenvalue weighted by atomic mass is 79.9. The molecule has 3 aromatic rings. The predicted molar refractivity (Wildman–Crippen MR) is 91.4 cm³/mol. The van der Waals surface area contributed by atoms with E-state index in [0.29, 0.717) is 11.6 Å². The van der Waals surface area contributed by atoms with E-state index >= 15 is 0 Å². The van der Waals surface area contributed by atoms with Gasteiger partial charge in [0.25, 0.3) is 0 Å². The van der Waals surface area contributed by atoms with Crippen molar-refractivity contribution in [2.24, 2.45) is 5.84 Å². The first kappa shape index (κ1) is 14.7. The van der Waals surface area contributed by atoms with Crippen LogP contribution in [0.15, 0.2) is 38.6 Å². The Morgan fingerprint density at radius 2 is 1.95 bits per heavy atom. The molecule has 0 radical (unpaired) electrons. The molecule has 0 unspecified atom stereocenters. The normalized spacial score (nSPS) is 10.8. The molecular formula is C13H10Br2N4OS. The van der Waals surface area contributed by atoms with Gasteiger partial charge in [-0.2, -0.15) is 0 Å². The van der Waals surface area contributed by atoms with Crippen LogP contribution in [0.3, 0.4) is 0 Å². The summed E-state index contributed by atoms with van der Waals surface area (Å²) in [4.78, 5) is 9.72. The summed E-state index contributed by atoms with van der Waals surface area (Å²) >= 11 is 8.45. The number of para-hydroxylation sites is 1. The summed E-state index contributed by atoms with van der Waals surface area (Å²) in [5.41, 5.74) is 2.60. The summed E-state index contributed by atoms with van der Waals surface area (Å²) in [6, 6.07) is 7.68. The van der Waals surface area contributed by atoms with Crippen LogP contribution in [0.1, 0.15) is 5.82 Å². The molecule has 0 aliphatic rings. The SMILES string of the molecule is NNc1nc(COc2c(Br)cccc2Br)nc2sccc12. The number of hydrogen-bond acceptors (Lipinski definition) is 6. The molecule has 0 bridgehead atoms. The lowest BCUT2D eigenvalue weighted by molar-refractivity contribution is 0.293. The molecule has 3 N–H and O–H groups in total. The van der Waals surface area contributed by atoms with Crippen molar-refractivity contribution in [2.75, 3.05) is 5.43 Å². The van der Waals surface area contributed by atoms with Crippen molar-refractivity contribution < 1.29 is 4.74 Å². The number of nitrogen functional groups attached to an aromatic ring is 1. The summed E-state index contributed by atoms with van der Waals surface area (Å²) in [5.74, 6) is 7.40. The molecule has 0 aliphatic heterocycles. The minimum atomic E-state index is 0.254. The van der Waals surface area contributed by atoms with Gasteiger partial charge in [0, 0.05) is 0 Å². The van der Waals surface area contributed by atoms with Crippen LogP contribution in [0.2, 0.25) is 0 Å². The number of ether oxygens (including phenoxy) is 1. The Bertz CT molecular complexity index is 773. The Morgan fingerprint density at radius 1 is 1.19 bits per heavy atom. The molecule has 5 nitrogen and oxygen atoms in total. The summed E-state index contributed by atoms with van der Waals surface area (Å²) in [6.45, 7) is 0.254. The van der Waals surface area contributed by atoms with Gasteiger partial charge in [-0.1, -0.05) is 6.07 Å². The number of hydrazine groups is 1. The van der Waals surface area contributed by atoms with Gasteiger partial charge in [-0.3, -0.25) is 0 Å². The molecule has 2 aromatic heterocycles. The molecule has 0 saturated carbocycles. The van der Waals surface area contributed by atoms with Gasteiger partial charge in [-0.05, 0) is 55.4 Å². The van der Waals surface area contributed by atoms with Crippen LogP contribution >= 0.6 is 43.2 Å². The Kier molecular flexibility index (Phi) is 4.39. The molecule has 8 heteroatoms. The molecule has 0 spiro atoms. The molecule has 108 valence electrons. The number of rotatable bonds is 4. The maximum absolute atomic E-state index is 5.80. The average molecular weight is 430 g/mol. The minimum absolute atomic E-state index is 0.254. The van der Waals surface area contributed by atoms with Gasteiger partial charge in [0.2, 0.25) is 0 Å². The van der Waals surface area contributed by atoms with E-state index < -0.39 is 0 Å². The number of hydrogen-bond donors (Lipinski definition) is 2. The first-order valence-corrected chi connectivity index (χ1v) is 8.43. The zero-order valence-electron chi connectivity index (χ0n) is 10.6. The molecule has 0 saturated heterocycles. The van der Waals surface area contributed by atoms with E-state index in [9.17, 15) is 0 Å². The molecule has 2 heterocycles. The number of benzene rings is 1. The largest absolute Gasteiger partial charge is 0.483 e. The number of nitrogens with one attached hydrogen (secondary N) is 1. The Morgan fingerprint density at radius 3 is 2.67 bits per heavy atom. The van der Waals surface area contributed by atoms with Gasteiger partial charge in [0.1, 0.15) is 17.2 Å². The third-order valence-corrected chi connectivity index (χ3v) is 4.83. The highest BCUT2D eigenvalue weighted by molar-refractivity contribution is 9.11. The van der Waals surface area contributed by atoms with E-state index in [-0.39, 0.29) is 6.61 Å². The van der Waals surface area contributed by atoms with Gasteiger partial charge in [-0.15, -0.1) is 11.3 Å². The van der Waals surface area contributed by atoms with Crippen molar-refractivity contribution in [2.45, 2.75) is 6.61 Å². The van der Waals surface area contributed by atoms with Crippen LogP contribution in [0.4, 0.5) is 5.82 Å². The van der Waals surface area contributed by atoms with Crippen LogP contribution in [-0.4, -0.2) is 9.97 Å². The molecule has 21 heavy (non-hydrogen) atoms. The molecule has 0 fully saturated rings. The van der Waals surface area contributed by atoms with Crippen molar-refractivity contribution in [3.8, 4) is 5.75 Å². The lowest BCUT2D eigenvalue weighted by Crippen LogP contribution is -2.11. The Labute approximate surface area is 141 Å². The minimum Gasteiger partial charge on any atom is -0.483 e. The van der Waals surface area contributed by atoms with E-state index in [4.69, 9.17) is 10.6 Å². The van der Waals surface area contributed by atoms with E-state index in [1.165, 1.54) is 11.3 Å². The van der Waals surface area contributed by atoms with Crippen LogP contribution in [0, 0.1) is 0 Å². The lowest BCUT2D eigenvalue weighted by atomic mass is 10.3. The number of anilines is 1. The van der Waals surface area contributed by atoms with Crippen molar-refractivity contribution in [3.63, 3.8) is 0 Å². The summed E-state index contributed by atoms with van der Waals surface area (Å²) in [5, 5.41) is 2.86. The smallest absolute Gasteiger partial charge is 0.169 e. The van der Waals surface area contributed by atoms with Gasteiger partial charge < -0.3 is 10.2 Å². The number of nitrogens with zero attached hydrogens (tertiary/aromatic N) is 2. The highest BCUT2D eigenvalue weighted by Gasteiger charge is 2.11. The molecular weight excluding hydrogens is 420 g/mol. The highest BCUT2D eigenvalue weighted by Crippen LogP contribution is 2.33. The van der Waals surface area contributed by atoms with Crippen LogP contribution in [0.5, 0.6) is 5.75 Å². The summed E-state index contributed by atoms with van der Waals surface area (Å²) < 4.78 is 7.53. The quantitative estimate of drug-likeness (QED) is 0.482. The van der Waals surface area contributed by atoms with Crippen molar-refractivity contribution >= 4 is 59.2 Å². The zero-order chi connectivity index (χ0) is 14.8. The predicted octanol–water partition coefficient (Wildman–Crippen LogP) is 4.08. The average Bonchev–Trinajstić information content (AvgIpc) is 2.94. The molecule has 0 amide bonds. The molecule has 3 rings (SSSR count). The van der Waals surface area contributed by atoms with Gasteiger partial charge in [0.15, 0.2) is 11.6 Å². The summed E-state index contributed by atoms with van der Waals surface area (Å²) in [7, 11) is 0. The second-order valence-electron chi connectivity index (χ2n) is 4.11. The van der Waals surface area contributed by atoms with Crippen molar-refractivity contribution in [1.29, 1.82) is 0 Å². The third-order valence-electron chi connectivity index (χ3n) is 2.77. The van der Waals surface area contributed by atoms with Crippen LogP contribution < -0.4 is 16.0 Å². The van der Waals surface area contributed by atoms with Crippen molar-refractivity contribution in [3.05, 3.63) is 44.4 Å². The second kappa shape index (κ2) is 6.27. The zero-order valence-corrected chi connectivity index (χ0v) is 14.6. The maximum Gasteiger partial charge on any atom is 0.169 e. The standard InChI is InChI=1S/C13H10Br2N4OS/c14-8-2-1-3-9(15)11(8)20-6-10-17-12(19-16)7-4-5-21-13(7)18-10/h1-5H,6,16H2,(H,17,18,19). The van der Waals surface area contributed by atoms with E-state index in [0.717, 1.165) is 24.9 Å². The number of thiophene rings is 1. The van der Waals surface area contributed by atoms with Gasteiger partial charge in [-0.25, -0.2) is 15.8 Å². The fraction of sp³-hybridized carbons (Fsp3) is 0.0769. The molecule has 0 atom stereocenters. The number of halogens is 2. The van der Waals surface area contributed by atoms with Crippen LogP contribution in [0.25, 0.3) is 10.2 Å². The van der Waals surface area contributed by atoms with E-state index in [2.05, 4.69) is 47.3 Å². The van der Waals surface area contributed by atoms with Crippen LogP contribution in [-0.2, 0) is 6.61 Å². The number of nitrogens with two attached hydrogens (primary N) is 1. The van der Waals surface area contributed by atoms with Gasteiger partial charge in [0.05, 0.1) is 14.3 Å². The Balaban J connectivity index is 1.88. The van der Waals surface area contributed by atoms with E-state index in [1.54, 1.807) is 0 Å². The summed E-state index contributed by atoms with van der Waals surface area (Å²) in [6.07, 6.45) is 0. The number of fused-ring (bicyclic) bond motifs is 1. The first-order valence-electron chi connectivity index (χ1n) is 5.96. The number of aromatic nitrogens is 2. The maximum atomic E-state index is 5.80. The lowest BCUT2D eigenvalue weighted by Gasteiger charge is -2.10. The first-order chi connectivity index (χ1) is 10.2. The second-order valence-corrected chi connectivity index (χ2v) is 6.71. The topological polar surface area (TPSA) is 73.1 Å². The van der Waals surface area contributed by atoms with E-state index in [1.807, 2.05) is 29.6 Å². The van der Waals surface area contributed by atoms with Crippen molar-refractivity contribution in [1.82, 2.24) is 9.97 Å². The third kappa shape index (κ3) is 3.03.